The molecule has 1 fully saturated rings. The summed E-state index contributed by atoms with van der Waals surface area (Å²) in [5.74, 6) is -0.492. The summed E-state index contributed by atoms with van der Waals surface area (Å²) < 4.78 is 11.9. The van der Waals surface area contributed by atoms with Crippen LogP contribution >= 0.6 is 0 Å². The van der Waals surface area contributed by atoms with Crippen LogP contribution in [-0.4, -0.2) is 56.8 Å². The van der Waals surface area contributed by atoms with E-state index in [2.05, 4.69) is 10.3 Å². The fraction of sp³-hybridized carbons (Fsp3) is 0.733. The van der Waals surface area contributed by atoms with E-state index in [4.69, 9.17) is 9.47 Å². The van der Waals surface area contributed by atoms with Gasteiger partial charge < -0.3 is 14.4 Å². The Morgan fingerprint density at radius 3 is 2.78 bits per heavy atom. The summed E-state index contributed by atoms with van der Waals surface area (Å²) in [5, 5.41) is 7.75. The van der Waals surface area contributed by atoms with Crippen LogP contribution in [0, 0.1) is 0 Å². The molecule has 0 N–H and O–H groups in total. The fourth-order valence-electron chi connectivity index (χ4n) is 2.49. The van der Waals surface area contributed by atoms with Crippen LogP contribution in [-0.2, 0) is 16.0 Å². The molecule has 1 aromatic heterocycles. The van der Waals surface area contributed by atoms with Crippen molar-refractivity contribution < 1.29 is 19.1 Å². The van der Waals surface area contributed by atoms with Crippen LogP contribution in [0.1, 0.15) is 51.0 Å². The lowest BCUT2D eigenvalue weighted by Crippen LogP contribution is -2.41. The molecule has 0 spiro atoms. The van der Waals surface area contributed by atoms with Crippen molar-refractivity contribution in [3.05, 3.63) is 11.9 Å². The Labute approximate surface area is 135 Å². The van der Waals surface area contributed by atoms with Gasteiger partial charge in [-0.15, -0.1) is 5.10 Å². The lowest BCUT2D eigenvalue weighted by atomic mass is 10.2. The molecule has 0 bridgehead atoms. The van der Waals surface area contributed by atoms with E-state index in [1.165, 1.54) is 0 Å². The van der Waals surface area contributed by atoms with Crippen molar-refractivity contribution in [3.8, 4) is 0 Å². The normalized spacial score (nSPS) is 18.1. The summed E-state index contributed by atoms with van der Waals surface area (Å²) in [7, 11) is 0. The van der Waals surface area contributed by atoms with E-state index in [9.17, 15) is 9.59 Å². The van der Waals surface area contributed by atoms with E-state index >= 15 is 0 Å². The number of hydrogen-bond donors (Lipinski definition) is 0. The highest BCUT2D eigenvalue weighted by molar-refractivity contribution is 5.86. The fourth-order valence-corrected chi connectivity index (χ4v) is 2.49. The molecule has 2 heterocycles. The van der Waals surface area contributed by atoms with E-state index in [1.807, 2.05) is 20.8 Å². The van der Waals surface area contributed by atoms with Gasteiger partial charge in [0.05, 0.1) is 25.4 Å². The molecular weight excluding hydrogens is 300 g/mol. The van der Waals surface area contributed by atoms with Crippen molar-refractivity contribution in [1.29, 1.82) is 0 Å². The highest BCUT2D eigenvalue weighted by Gasteiger charge is 2.32. The Morgan fingerprint density at radius 1 is 1.39 bits per heavy atom. The molecule has 1 unspecified atom stereocenters. The SMILES string of the molecule is CCOC(=O)c1cn(CC2CCCN2C(=O)OC(C)(C)C)nn1. The van der Waals surface area contributed by atoms with Crippen LogP contribution < -0.4 is 0 Å². The summed E-state index contributed by atoms with van der Waals surface area (Å²) in [5.41, 5.74) is -0.345. The monoisotopic (exact) mass is 324 g/mol. The molecule has 8 heteroatoms. The second-order valence-corrected chi connectivity index (χ2v) is 6.52. The zero-order chi connectivity index (χ0) is 17.0. The summed E-state index contributed by atoms with van der Waals surface area (Å²) in [4.78, 5) is 25.6. The molecule has 2 rings (SSSR count). The molecular formula is C15H24N4O4. The smallest absolute Gasteiger partial charge is 0.410 e. The van der Waals surface area contributed by atoms with Gasteiger partial charge in [0.1, 0.15) is 5.60 Å². The third-order valence-corrected chi connectivity index (χ3v) is 3.43. The Bertz CT molecular complexity index is 564. The highest BCUT2D eigenvalue weighted by Crippen LogP contribution is 2.22. The van der Waals surface area contributed by atoms with E-state index in [0.717, 1.165) is 12.8 Å². The highest BCUT2D eigenvalue weighted by atomic mass is 16.6. The van der Waals surface area contributed by atoms with Gasteiger partial charge in [0.25, 0.3) is 0 Å². The van der Waals surface area contributed by atoms with Gasteiger partial charge in [0, 0.05) is 6.54 Å². The molecule has 1 aliphatic rings. The minimum atomic E-state index is -0.519. The summed E-state index contributed by atoms with van der Waals surface area (Å²) in [6, 6.07) is -0.0124. The topological polar surface area (TPSA) is 86.5 Å². The number of esters is 1. The first-order valence-corrected chi connectivity index (χ1v) is 7.87. The minimum Gasteiger partial charge on any atom is -0.461 e. The average molecular weight is 324 g/mol. The van der Waals surface area contributed by atoms with Crippen molar-refractivity contribution in [2.45, 2.75) is 58.7 Å². The number of ether oxygens (including phenoxy) is 2. The van der Waals surface area contributed by atoms with Gasteiger partial charge in [-0.05, 0) is 40.5 Å². The van der Waals surface area contributed by atoms with Crippen LogP contribution in [0.25, 0.3) is 0 Å². The van der Waals surface area contributed by atoms with Gasteiger partial charge in [0.15, 0.2) is 5.69 Å². The van der Waals surface area contributed by atoms with Gasteiger partial charge in [-0.2, -0.15) is 0 Å². The predicted octanol–water partition coefficient (Wildman–Crippen LogP) is 1.85. The third kappa shape index (κ3) is 4.67. The van der Waals surface area contributed by atoms with Gasteiger partial charge in [-0.3, -0.25) is 0 Å². The zero-order valence-corrected chi connectivity index (χ0v) is 14.1. The van der Waals surface area contributed by atoms with E-state index < -0.39 is 11.6 Å². The van der Waals surface area contributed by atoms with Crippen molar-refractivity contribution in [2.24, 2.45) is 0 Å². The second kappa shape index (κ2) is 6.97. The standard InChI is InChI=1S/C15H24N4O4/c1-5-22-13(20)12-10-18(17-16-12)9-11-7-6-8-19(11)14(21)23-15(2,3)4/h10-11H,5-9H2,1-4H3. The van der Waals surface area contributed by atoms with Crippen molar-refractivity contribution in [3.63, 3.8) is 0 Å². The predicted molar refractivity (Wildman–Crippen MR) is 81.9 cm³/mol. The van der Waals surface area contributed by atoms with E-state index in [1.54, 1.807) is 22.7 Å². The number of likely N-dealkylation sites (tertiary alicyclic amines) is 1. The first kappa shape index (κ1) is 17.2. The van der Waals surface area contributed by atoms with Crippen molar-refractivity contribution in [1.82, 2.24) is 19.9 Å². The average Bonchev–Trinajstić information content (AvgIpc) is 3.06. The molecule has 0 radical (unpaired) electrons. The quantitative estimate of drug-likeness (QED) is 0.786. The van der Waals surface area contributed by atoms with Gasteiger partial charge in [0.2, 0.25) is 0 Å². The number of carbonyl (C=O) groups excluding carboxylic acids is 2. The molecule has 128 valence electrons. The van der Waals surface area contributed by atoms with Crippen LogP contribution in [0.5, 0.6) is 0 Å². The first-order valence-electron chi connectivity index (χ1n) is 7.87. The number of amides is 1. The molecule has 1 aliphatic heterocycles. The first-order chi connectivity index (χ1) is 10.8. The largest absolute Gasteiger partial charge is 0.461 e. The number of aromatic nitrogens is 3. The summed E-state index contributed by atoms with van der Waals surface area (Å²) in [6.45, 7) is 8.71. The summed E-state index contributed by atoms with van der Waals surface area (Å²) in [6.07, 6.45) is 3.02. The maximum Gasteiger partial charge on any atom is 0.410 e. The molecule has 1 aromatic rings. The molecule has 1 atom stereocenters. The van der Waals surface area contributed by atoms with Crippen molar-refractivity contribution in [2.75, 3.05) is 13.2 Å². The Balaban J connectivity index is 1.99. The Hall–Kier alpha value is -2.12. The minimum absolute atomic E-state index is 0.0124. The molecule has 0 aromatic carbocycles. The maximum atomic E-state index is 12.2. The van der Waals surface area contributed by atoms with Crippen molar-refractivity contribution >= 4 is 12.1 Å². The van der Waals surface area contributed by atoms with Crippen LogP contribution in [0.15, 0.2) is 6.20 Å². The van der Waals surface area contributed by atoms with Crippen LogP contribution in [0.4, 0.5) is 4.79 Å². The van der Waals surface area contributed by atoms with E-state index in [-0.39, 0.29) is 17.8 Å². The van der Waals surface area contributed by atoms with E-state index in [0.29, 0.717) is 19.7 Å². The number of rotatable bonds is 4. The number of carbonyl (C=O) groups is 2. The number of nitrogens with zero attached hydrogens (tertiary/aromatic N) is 4. The second-order valence-electron chi connectivity index (χ2n) is 6.52. The molecule has 23 heavy (non-hydrogen) atoms. The Kier molecular flexibility index (Phi) is 5.23. The maximum absolute atomic E-state index is 12.2. The molecule has 1 saturated heterocycles. The third-order valence-electron chi connectivity index (χ3n) is 3.43. The van der Waals surface area contributed by atoms with Crippen LogP contribution in [0.2, 0.25) is 0 Å². The van der Waals surface area contributed by atoms with Gasteiger partial charge in [-0.25, -0.2) is 14.3 Å². The van der Waals surface area contributed by atoms with Gasteiger partial charge in [-0.1, -0.05) is 5.21 Å². The lowest BCUT2D eigenvalue weighted by molar-refractivity contribution is 0.0211. The van der Waals surface area contributed by atoms with Crippen LogP contribution in [0.3, 0.4) is 0 Å². The van der Waals surface area contributed by atoms with Gasteiger partial charge >= 0.3 is 12.1 Å². The molecule has 8 nitrogen and oxygen atoms in total. The lowest BCUT2D eigenvalue weighted by Gasteiger charge is -2.28. The summed E-state index contributed by atoms with van der Waals surface area (Å²) >= 11 is 0. The molecule has 0 aliphatic carbocycles. The zero-order valence-electron chi connectivity index (χ0n) is 14.1. The molecule has 0 saturated carbocycles. The Morgan fingerprint density at radius 2 is 2.13 bits per heavy atom. The number of hydrogen-bond acceptors (Lipinski definition) is 6. The molecule has 1 amide bonds.